The van der Waals surface area contributed by atoms with Gasteiger partial charge in [0.25, 0.3) is 0 Å². The normalized spacial score (nSPS) is 19.8. The van der Waals surface area contributed by atoms with E-state index in [4.69, 9.17) is 10.3 Å². The average Bonchev–Trinajstić information content (AvgIpc) is 2.87. The van der Waals surface area contributed by atoms with Crippen LogP contribution in [-0.4, -0.2) is 33.1 Å². The highest BCUT2D eigenvalue weighted by molar-refractivity contribution is 5.33. The monoisotopic (exact) mass is 287 g/mol. The predicted molar refractivity (Wildman–Crippen MR) is 79.4 cm³/mol. The fraction of sp³-hybridized carbons (Fsp3) is 0.533. The number of aryl methyl sites for hydroxylation is 1. The molecule has 1 aliphatic rings. The molecule has 0 saturated carbocycles. The molecule has 6 heteroatoms. The Balaban J connectivity index is 1.59. The van der Waals surface area contributed by atoms with Crippen LogP contribution in [0.25, 0.3) is 0 Å². The minimum Gasteiger partial charge on any atom is -0.382 e. The zero-order valence-corrected chi connectivity index (χ0v) is 12.3. The van der Waals surface area contributed by atoms with Crippen molar-refractivity contribution in [2.75, 3.05) is 18.8 Å². The van der Waals surface area contributed by atoms with Gasteiger partial charge in [0, 0.05) is 31.5 Å². The molecular formula is C15H21N5O. The minimum absolute atomic E-state index is 0.557. The molecule has 1 saturated heterocycles. The van der Waals surface area contributed by atoms with Gasteiger partial charge in [-0.15, -0.1) is 0 Å². The first-order chi connectivity index (χ1) is 10.2. The standard InChI is InChI=1S/C15H21N5O/c1-11-7-13(19-21-11)10-20-6-2-3-12(9-20)8-14-15(16)18-5-4-17-14/h4-5,7,12H,2-3,6,8-10H2,1H3,(H2,16,18)/t12-/m1/s1. The molecule has 0 radical (unpaired) electrons. The third kappa shape index (κ3) is 3.58. The Hall–Kier alpha value is -1.95. The van der Waals surface area contributed by atoms with Gasteiger partial charge in [0.1, 0.15) is 11.6 Å². The number of anilines is 1. The smallest absolute Gasteiger partial charge is 0.145 e. The van der Waals surface area contributed by atoms with Crippen molar-refractivity contribution in [2.45, 2.75) is 32.7 Å². The fourth-order valence-electron chi connectivity index (χ4n) is 2.99. The molecule has 2 aromatic rings. The van der Waals surface area contributed by atoms with E-state index in [9.17, 15) is 0 Å². The number of rotatable bonds is 4. The third-order valence-corrected chi connectivity index (χ3v) is 3.95. The van der Waals surface area contributed by atoms with Crippen LogP contribution in [0.4, 0.5) is 5.82 Å². The second-order valence-electron chi connectivity index (χ2n) is 5.76. The number of hydrogen-bond donors (Lipinski definition) is 1. The van der Waals surface area contributed by atoms with E-state index in [2.05, 4.69) is 20.0 Å². The van der Waals surface area contributed by atoms with Crippen molar-refractivity contribution < 1.29 is 4.52 Å². The molecule has 6 nitrogen and oxygen atoms in total. The fourth-order valence-corrected chi connectivity index (χ4v) is 2.99. The summed E-state index contributed by atoms with van der Waals surface area (Å²) in [7, 11) is 0. The molecule has 2 aromatic heterocycles. The minimum atomic E-state index is 0.557. The zero-order valence-electron chi connectivity index (χ0n) is 12.3. The quantitative estimate of drug-likeness (QED) is 0.923. The van der Waals surface area contributed by atoms with Gasteiger partial charge in [-0.2, -0.15) is 0 Å². The largest absolute Gasteiger partial charge is 0.382 e. The molecule has 0 aromatic carbocycles. The van der Waals surface area contributed by atoms with Crippen LogP contribution in [0.1, 0.15) is 30.0 Å². The molecule has 21 heavy (non-hydrogen) atoms. The van der Waals surface area contributed by atoms with Gasteiger partial charge in [0.05, 0.1) is 11.4 Å². The third-order valence-electron chi connectivity index (χ3n) is 3.95. The van der Waals surface area contributed by atoms with Gasteiger partial charge in [-0.3, -0.25) is 9.88 Å². The summed E-state index contributed by atoms with van der Waals surface area (Å²) in [5.74, 6) is 2.00. The van der Waals surface area contributed by atoms with E-state index in [0.717, 1.165) is 43.2 Å². The Labute approximate surface area is 124 Å². The summed E-state index contributed by atoms with van der Waals surface area (Å²) in [5, 5.41) is 4.07. The number of piperidine rings is 1. The van der Waals surface area contributed by atoms with Crippen LogP contribution in [0.5, 0.6) is 0 Å². The van der Waals surface area contributed by atoms with Gasteiger partial charge < -0.3 is 10.3 Å². The number of nitrogen functional groups attached to an aromatic ring is 1. The van der Waals surface area contributed by atoms with E-state index in [1.807, 2.05) is 13.0 Å². The van der Waals surface area contributed by atoms with Gasteiger partial charge in [-0.05, 0) is 38.6 Å². The Bertz CT molecular complexity index is 597. The molecule has 2 N–H and O–H groups in total. The lowest BCUT2D eigenvalue weighted by atomic mass is 9.93. The van der Waals surface area contributed by atoms with Crippen LogP contribution >= 0.6 is 0 Å². The first kappa shape index (κ1) is 14.0. The van der Waals surface area contributed by atoms with Crippen molar-refractivity contribution in [2.24, 2.45) is 5.92 Å². The summed E-state index contributed by atoms with van der Waals surface area (Å²) in [5.41, 5.74) is 7.81. The van der Waals surface area contributed by atoms with E-state index >= 15 is 0 Å². The molecule has 1 aliphatic heterocycles. The summed E-state index contributed by atoms with van der Waals surface area (Å²) in [6, 6.07) is 2.00. The number of hydrogen-bond acceptors (Lipinski definition) is 6. The van der Waals surface area contributed by atoms with Crippen LogP contribution in [0.3, 0.4) is 0 Å². The predicted octanol–water partition coefficient (Wildman–Crippen LogP) is 1.81. The molecule has 0 aliphatic carbocycles. The summed E-state index contributed by atoms with van der Waals surface area (Å²) >= 11 is 0. The van der Waals surface area contributed by atoms with Crippen LogP contribution in [0.2, 0.25) is 0 Å². The van der Waals surface area contributed by atoms with Crippen LogP contribution < -0.4 is 5.73 Å². The molecule has 0 bridgehead atoms. The number of aromatic nitrogens is 3. The van der Waals surface area contributed by atoms with E-state index < -0.39 is 0 Å². The second-order valence-corrected chi connectivity index (χ2v) is 5.76. The molecule has 112 valence electrons. The van der Waals surface area contributed by atoms with Crippen molar-refractivity contribution in [1.82, 2.24) is 20.0 Å². The average molecular weight is 287 g/mol. The van der Waals surface area contributed by atoms with Gasteiger partial charge in [0.15, 0.2) is 0 Å². The Morgan fingerprint density at radius 2 is 2.24 bits per heavy atom. The van der Waals surface area contributed by atoms with Crippen molar-refractivity contribution in [3.8, 4) is 0 Å². The second kappa shape index (κ2) is 6.22. The summed E-state index contributed by atoms with van der Waals surface area (Å²) in [4.78, 5) is 10.9. The van der Waals surface area contributed by atoms with Gasteiger partial charge in [0.2, 0.25) is 0 Å². The lowest BCUT2D eigenvalue weighted by molar-refractivity contribution is 0.163. The topological polar surface area (TPSA) is 81.1 Å². The van der Waals surface area contributed by atoms with Crippen molar-refractivity contribution >= 4 is 5.82 Å². The SMILES string of the molecule is Cc1cc(CN2CCC[C@H](Cc3nccnc3N)C2)no1. The van der Waals surface area contributed by atoms with Gasteiger partial charge in [-0.25, -0.2) is 4.98 Å². The van der Waals surface area contributed by atoms with Crippen molar-refractivity contribution in [1.29, 1.82) is 0 Å². The maximum atomic E-state index is 5.89. The highest BCUT2D eigenvalue weighted by atomic mass is 16.5. The summed E-state index contributed by atoms with van der Waals surface area (Å²) in [6.45, 7) is 4.93. The highest BCUT2D eigenvalue weighted by Gasteiger charge is 2.22. The number of nitrogens with zero attached hydrogens (tertiary/aromatic N) is 4. The Morgan fingerprint density at radius 1 is 1.38 bits per heavy atom. The molecule has 1 fully saturated rings. The first-order valence-electron chi connectivity index (χ1n) is 7.40. The van der Waals surface area contributed by atoms with E-state index in [1.165, 1.54) is 12.8 Å². The molecule has 3 rings (SSSR count). The first-order valence-corrected chi connectivity index (χ1v) is 7.40. The highest BCUT2D eigenvalue weighted by Crippen LogP contribution is 2.22. The molecular weight excluding hydrogens is 266 g/mol. The van der Waals surface area contributed by atoms with Crippen LogP contribution in [0.15, 0.2) is 23.0 Å². The van der Waals surface area contributed by atoms with Gasteiger partial charge >= 0.3 is 0 Å². The van der Waals surface area contributed by atoms with Crippen LogP contribution in [-0.2, 0) is 13.0 Å². The zero-order chi connectivity index (χ0) is 14.7. The Kier molecular flexibility index (Phi) is 4.15. The lowest BCUT2D eigenvalue weighted by Gasteiger charge is -2.32. The number of nitrogens with two attached hydrogens (primary N) is 1. The van der Waals surface area contributed by atoms with Crippen LogP contribution in [0, 0.1) is 12.8 Å². The van der Waals surface area contributed by atoms with E-state index in [0.29, 0.717) is 11.7 Å². The number of likely N-dealkylation sites (tertiary alicyclic amines) is 1. The molecule has 3 heterocycles. The van der Waals surface area contributed by atoms with E-state index in [1.54, 1.807) is 12.4 Å². The van der Waals surface area contributed by atoms with Crippen molar-refractivity contribution in [3.63, 3.8) is 0 Å². The molecule has 1 atom stereocenters. The summed E-state index contributed by atoms with van der Waals surface area (Å²) in [6.07, 6.45) is 6.66. The van der Waals surface area contributed by atoms with Crippen molar-refractivity contribution in [3.05, 3.63) is 35.6 Å². The molecule has 0 spiro atoms. The summed E-state index contributed by atoms with van der Waals surface area (Å²) < 4.78 is 5.13. The Morgan fingerprint density at radius 3 is 3.00 bits per heavy atom. The van der Waals surface area contributed by atoms with E-state index in [-0.39, 0.29) is 0 Å². The maximum Gasteiger partial charge on any atom is 0.145 e. The molecule has 0 unspecified atom stereocenters. The lowest BCUT2D eigenvalue weighted by Crippen LogP contribution is -2.36. The van der Waals surface area contributed by atoms with Gasteiger partial charge in [-0.1, -0.05) is 5.16 Å². The molecule has 0 amide bonds. The maximum absolute atomic E-state index is 5.89.